The van der Waals surface area contributed by atoms with Gasteiger partial charge < -0.3 is 5.32 Å². The highest BCUT2D eigenvalue weighted by Crippen LogP contribution is 2.32. The maximum Gasteiger partial charge on any atom is 0.156 e. The summed E-state index contributed by atoms with van der Waals surface area (Å²) in [5.41, 5.74) is 0.375. The van der Waals surface area contributed by atoms with Crippen molar-refractivity contribution < 1.29 is 0 Å². The van der Waals surface area contributed by atoms with Crippen LogP contribution in [-0.4, -0.2) is 23.5 Å². The zero-order valence-electron chi connectivity index (χ0n) is 12.3. The Balaban J connectivity index is 1.93. The number of thioether (sulfide) groups is 1. The summed E-state index contributed by atoms with van der Waals surface area (Å²) in [4.78, 5) is 4.74. The van der Waals surface area contributed by atoms with Crippen LogP contribution in [0.2, 0.25) is 0 Å². The van der Waals surface area contributed by atoms with Crippen molar-refractivity contribution in [1.82, 2.24) is 5.32 Å². The third kappa shape index (κ3) is 3.66. The molecule has 18 heavy (non-hydrogen) atoms. The number of rotatable bonds is 2. The van der Waals surface area contributed by atoms with Crippen molar-refractivity contribution in [3.8, 4) is 0 Å². The van der Waals surface area contributed by atoms with Gasteiger partial charge in [-0.05, 0) is 30.1 Å². The molecular weight excluding hydrogens is 240 g/mol. The summed E-state index contributed by atoms with van der Waals surface area (Å²) in [5.74, 6) is 2.81. The first kappa shape index (κ1) is 14.2. The fourth-order valence-corrected chi connectivity index (χ4v) is 4.03. The Labute approximate surface area is 116 Å². The number of amidine groups is 1. The molecule has 1 N–H and O–H groups in total. The molecule has 2 nitrogen and oxygen atoms in total. The van der Waals surface area contributed by atoms with E-state index in [4.69, 9.17) is 4.99 Å². The van der Waals surface area contributed by atoms with Crippen LogP contribution in [0, 0.1) is 17.3 Å². The Morgan fingerprint density at radius 2 is 2.00 bits per heavy atom. The standard InChI is InChI=1S/C15H28N2S/c1-11(2)12-7-5-6-8-13(12)17-14-16-9-15(3,4)10-18-14/h11-13H,5-10H2,1-4H3,(H,16,17). The molecule has 1 fully saturated rings. The van der Waals surface area contributed by atoms with Crippen LogP contribution in [0.5, 0.6) is 0 Å². The molecule has 2 unspecified atom stereocenters. The summed E-state index contributed by atoms with van der Waals surface area (Å²) in [6.07, 6.45) is 5.50. The highest BCUT2D eigenvalue weighted by molar-refractivity contribution is 8.13. The van der Waals surface area contributed by atoms with Gasteiger partial charge in [0.2, 0.25) is 0 Å². The molecule has 1 aliphatic heterocycles. The largest absolute Gasteiger partial charge is 0.362 e. The van der Waals surface area contributed by atoms with Crippen molar-refractivity contribution >= 4 is 16.9 Å². The van der Waals surface area contributed by atoms with Crippen molar-refractivity contribution in [2.45, 2.75) is 59.4 Å². The van der Waals surface area contributed by atoms with Gasteiger partial charge in [0.05, 0.1) is 0 Å². The molecule has 1 saturated carbocycles. The van der Waals surface area contributed by atoms with Crippen LogP contribution in [0.4, 0.5) is 0 Å². The lowest BCUT2D eigenvalue weighted by Gasteiger charge is -2.37. The molecule has 3 heteroatoms. The Bertz CT molecular complexity index is 310. The zero-order chi connectivity index (χ0) is 13.2. The van der Waals surface area contributed by atoms with Crippen molar-refractivity contribution in [3.05, 3.63) is 0 Å². The van der Waals surface area contributed by atoms with Gasteiger partial charge in [0.15, 0.2) is 5.17 Å². The van der Waals surface area contributed by atoms with Crippen LogP contribution in [0.15, 0.2) is 4.99 Å². The van der Waals surface area contributed by atoms with E-state index in [1.54, 1.807) is 0 Å². The third-order valence-corrected chi connectivity index (χ3v) is 5.68. The summed E-state index contributed by atoms with van der Waals surface area (Å²) < 4.78 is 0. The van der Waals surface area contributed by atoms with E-state index in [2.05, 4.69) is 33.0 Å². The van der Waals surface area contributed by atoms with E-state index in [9.17, 15) is 0 Å². The second kappa shape index (κ2) is 5.85. The van der Waals surface area contributed by atoms with Crippen molar-refractivity contribution in [2.24, 2.45) is 22.2 Å². The van der Waals surface area contributed by atoms with E-state index in [0.717, 1.165) is 18.4 Å². The Morgan fingerprint density at radius 1 is 1.28 bits per heavy atom. The van der Waals surface area contributed by atoms with Crippen LogP contribution >= 0.6 is 11.8 Å². The monoisotopic (exact) mass is 268 g/mol. The van der Waals surface area contributed by atoms with E-state index in [1.165, 1.54) is 36.6 Å². The Kier molecular flexibility index (Phi) is 4.63. The molecule has 0 aromatic rings. The first-order valence-electron chi connectivity index (χ1n) is 7.42. The second-order valence-corrected chi connectivity index (χ2v) is 7.98. The molecule has 2 rings (SSSR count). The lowest BCUT2D eigenvalue weighted by Crippen LogP contribution is -2.44. The summed E-state index contributed by atoms with van der Waals surface area (Å²) in [7, 11) is 0. The first-order chi connectivity index (χ1) is 8.48. The molecule has 0 spiro atoms. The summed E-state index contributed by atoms with van der Waals surface area (Å²) in [5, 5.41) is 4.94. The Morgan fingerprint density at radius 3 is 2.61 bits per heavy atom. The smallest absolute Gasteiger partial charge is 0.156 e. The zero-order valence-corrected chi connectivity index (χ0v) is 13.1. The average Bonchev–Trinajstić information content (AvgIpc) is 2.32. The quantitative estimate of drug-likeness (QED) is 0.821. The molecule has 0 bridgehead atoms. The summed E-state index contributed by atoms with van der Waals surface area (Å²) in [6.45, 7) is 10.3. The minimum atomic E-state index is 0.375. The normalized spacial score (nSPS) is 32.2. The van der Waals surface area contributed by atoms with Gasteiger partial charge in [-0.25, -0.2) is 0 Å². The van der Waals surface area contributed by atoms with E-state index in [0.29, 0.717) is 11.5 Å². The fraction of sp³-hybridized carbons (Fsp3) is 0.933. The van der Waals surface area contributed by atoms with E-state index < -0.39 is 0 Å². The van der Waals surface area contributed by atoms with Gasteiger partial charge >= 0.3 is 0 Å². The molecule has 1 aliphatic carbocycles. The minimum absolute atomic E-state index is 0.375. The molecule has 1 heterocycles. The van der Waals surface area contributed by atoms with Crippen LogP contribution in [0.3, 0.4) is 0 Å². The third-order valence-electron chi connectivity index (χ3n) is 4.23. The van der Waals surface area contributed by atoms with Gasteiger partial charge in [-0.1, -0.05) is 52.3 Å². The van der Waals surface area contributed by atoms with Crippen molar-refractivity contribution in [2.75, 3.05) is 12.3 Å². The first-order valence-corrected chi connectivity index (χ1v) is 8.40. The minimum Gasteiger partial charge on any atom is -0.362 e. The van der Waals surface area contributed by atoms with Crippen molar-refractivity contribution in [1.29, 1.82) is 0 Å². The lowest BCUT2D eigenvalue weighted by molar-refractivity contribution is 0.224. The van der Waals surface area contributed by atoms with E-state index >= 15 is 0 Å². The number of hydrogen-bond donors (Lipinski definition) is 1. The maximum absolute atomic E-state index is 4.74. The number of hydrogen-bond acceptors (Lipinski definition) is 3. The number of nitrogens with one attached hydrogen (secondary N) is 1. The van der Waals surface area contributed by atoms with Gasteiger partial charge in [-0.15, -0.1) is 0 Å². The Hall–Kier alpha value is -0.180. The van der Waals surface area contributed by atoms with Crippen LogP contribution in [-0.2, 0) is 0 Å². The average molecular weight is 268 g/mol. The predicted molar refractivity (Wildman–Crippen MR) is 82.3 cm³/mol. The van der Waals surface area contributed by atoms with Gasteiger partial charge in [-0.3, -0.25) is 4.99 Å². The molecule has 2 aliphatic rings. The van der Waals surface area contributed by atoms with Crippen LogP contribution in [0.1, 0.15) is 53.4 Å². The van der Waals surface area contributed by atoms with Crippen molar-refractivity contribution in [3.63, 3.8) is 0 Å². The van der Waals surface area contributed by atoms with Gasteiger partial charge in [0.25, 0.3) is 0 Å². The second-order valence-electron chi connectivity index (χ2n) is 7.02. The summed E-state index contributed by atoms with van der Waals surface area (Å²) in [6, 6.07) is 0.659. The van der Waals surface area contributed by atoms with Gasteiger partial charge in [0.1, 0.15) is 0 Å². The summed E-state index contributed by atoms with van der Waals surface area (Å²) >= 11 is 1.92. The molecule has 0 radical (unpaired) electrons. The van der Waals surface area contributed by atoms with Gasteiger partial charge in [-0.2, -0.15) is 0 Å². The fourth-order valence-electron chi connectivity index (χ4n) is 3.02. The molecule has 0 aromatic heterocycles. The molecule has 0 amide bonds. The number of nitrogens with zero attached hydrogens (tertiary/aromatic N) is 1. The van der Waals surface area contributed by atoms with Crippen LogP contribution in [0.25, 0.3) is 0 Å². The number of aliphatic imine (C=N–C) groups is 1. The van der Waals surface area contributed by atoms with E-state index in [1.807, 2.05) is 11.8 Å². The van der Waals surface area contributed by atoms with Crippen LogP contribution < -0.4 is 5.32 Å². The molecule has 0 saturated heterocycles. The van der Waals surface area contributed by atoms with Gasteiger partial charge in [0, 0.05) is 18.3 Å². The highest BCUT2D eigenvalue weighted by atomic mass is 32.2. The van der Waals surface area contributed by atoms with E-state index in [-0.39, 0.29) is 0 Å². The lowest BCUT2D eigenvalue weighted by atomic mass is 9.78. The molecule has 104 valence electrons. The molecule has 2 atom stereocenters. The topological polar surface area (TPSA) is 24.4 Å². The maximum atomic E-state index is 4.74. The predicted octanol–water partition coefficient (Wildman–Crippen LogP) is 3.92. The molecule has 0 aromatic carbocycles. The highest BCUT2D eigenvalue weighted by Gasteiger charge is 2.30. The molecular formula is C15H28N2S. The SMILES string of the molecule is CC(C)C1CCCCC1NC1=NCC(C)(C)CS1.